The third kappa shape index (κ3) is 3.30. The van der Waals surface area contributed by atoms with E-state index in [4.69, 9.17) is 9.47 Å². The number of hydrogen-bond donors (Lipinski definition) is 1. The Bertz CT molecular complexity index is 229. The number of ether oxygens (including phenoxy) is 2. The highest BCUT2D eigenvalue weighted by Crippen LogP contribution is 2.35. The molecule has 1 fully saturated rings. The van der Waals surface area contributed by atoms with E-state index in [1.165, 1.54) is 0 Å². The molecule has 0 aromatic rings. The van der Waals surface area contributed by atoms with Gasteiger partial charge in [0.25, 0.3) is 0 Å². The lowest BCUT2D eigenvalue weighted by molar-refractivity contribution is -0.193. The minimum absolute atomic E-state index is 0.284. The van der Waals surface area contributed by atoms with Gasteiger partial charge in [-0.25, -0.2) is 0 Å². The van der Waals surface area contributed by atoms with Crippen molar-refractivity contribution < 1.29 is 14.6 Å². The summed E-state index contributed by atoms with van der Waals surface area (Å²) in [7, 11) is 0. The normalized spacial score (nSPS) is 23.0. The van der Waals surface area contributed by atoms with E-state index in [9.17, 15) is 5.11 Å². The highest BCUT2D eigenvalue weighted by atomic mass is 16.7. The first-order valence-electron chi connectivity index (χ1n) is 6.12. The molecule has 1 rings (SSSR count). The Morgan fingerprint density at radius 3 is 2.31 bits per heavy atom. The molecule has 0 spiro atoms. The second-order valence-electron chi connectivity index (χ2n) is 4.77. The maximum Gasteiger partial charge on any atom is 0.171 e. The third-order valence-corrected chi connectivity index (χ3v) is 3.20. The SMILES string of the molecule is C=C(CC(C)C1(CC)OCCO1)C[C@H](C)O. The molecule has 16 heavy (non-hydrogen) atoms. The summed E-state index contributed by atoms with van der Waals surface area (Å²) in [5.74, 6) is -0.145. The molecule has 3 nitrogen and oxygen atoms in total. The molecule has 1 unspecified atom stereocenters. The van der Waals surface area contributed by atoms with Gasteiger partial charge in [0.1, 0.15) is 0 Å². The lowest BCUT2D eigenvalue weighted by atomic mass is 9.90. The molecular weight excluding hydrogens is 204 g/mol. The smallest absolute Gasteiger partial charge is 0.171 e. The van der Waals surface area contributed by atoms with Gasteiger partial charge in [0.05, 0.1) is 19.3 Å². The van der Waals surface area contributed by atoms with Crippen molar-refractivity contribution in [3.8, 4) is 0 Å². The Labute approximate surface area is 98.4 Å². The summed E-state index contributed by atoms with van der Waals surface area (Å²) in [4.78, 5) is 0. The van der Waals surface area contributed by atoms with Crippen LogP contribution in [0.5, 0.6) is 0 Å². The summed E-state index contributed by atoms with van der Waals surface area (Å²) >= 11 is 0. The molecule has 0 radical (unpaired) electrons. The van der Waals surface area contributed by atoms with Gasteiger partial charge in [-0.05, 0) is 26.2 Å². The first-order valence-corrected chi connectivity index (χ1v) is 6.12. The molecule has 0 saturated carbocycles. The Morgan fingerprint density at radius 2 is 1.88 bits per heavy atom. The zero-order chi connectivity index (χ0) is 12.2. The molecule has 0 amide bonds. The third-order valence-electron chi connectivity index (χ3n) is 3.20. The first-order chi connectivity index (χ1) is 7.50. The average molecular weight is 228 g/mol. The number of aliphatic hydroxyl groups excluding tert-OH is 1. The molecule has 1 saturated heterocycles. The van der Waals surface area contributed by atoms with Crippen molar-refractivity contribution in [1.29, 1.82) is 0 Å². The van der Waals surface area contributed by atoms with Crippen molar-refractivity contribution in [2.24, 2.45) is 5.92 Å². The van der Waals surface area contributed by atoms with E-state index in [-0.39, 0.29) is 12.0 Å². The maximum absolute atomic E-state index is 9.30. The van der Waals surface area contributed by atoms with E-state index in [1.807, 2.05) is 0 Å². The van der Waals surface area contributed by atoms with Crippen LogP contribution in [-0.4, -0.2) is 30.2 Å². The maximum atomic E-state index is 9.30. The van der Waals surface area contributed by atoms with Gasteiger partial charge in [-0.15, -0.1) is 0 Å². The van der Waals surface area contributed by atoms with Crippen LogP contribution < -0.4 is 0 Å². The van der Waals surface area contributed by atoms with Gasteiger partial charge in [-0.3, -0.25) is 0 Å². The molecule has 94 valence electrons. The predicted molar refractivity (Wildman–Crippen MR) is 64.1 cm³/mol. The van der Waals surface area contributed by atoms with Crippen LogP contribution in [0.25, 0.3) is 0 Å². The second kappa shape index (κ2) is 5.80. The van der Waals surface area contributed by atoms with Crippen LogP contribution in [0.2, 0.25) is 0 Å². The molecule has 0 aromatic heterocycles. The fraction of sp³-hybridized carbons (Fsp3) is 0.846. The van der Waals surface area contributed by atoms with Crippen molar-refractivity contribution in [2.45, 2.75) is 51.9 Å². The molecule has 0 bridgehead atoms. The van der Waals surface area contributed by atoms with E-state index < -0.39 is 5.79 Å². The van der Waals surface area contributed by atoms with Crippen LogP contribution in [0, 0.1) is 5.92 Å². The quantitative estimate of drug-likeness (QED) is 0.710. The predicted octanol–water partition coefficient (Wildman–Crippen LogP) is 2.49. The zero-order valence-electron chi connectivity index (χ0n) is 10.7. The molecule has 1 N–H and O–H groups in total. The van der Waals surface area contributed by atoms with E-state index in [0.29, 0.717) is 19.6 Å². The Morgan fingerprint density at radius 1 is 1.31 bits per heavy atom. The Hall–Kier alpha value is -0.380. The number of aliphatic hydroxyl groups is 1. The fourth-order valence-corrected chi connectivity index (χ4v) is 2.40. The van der Waals surface area contributed by atoms with Crippen LogP contribution in [0.1, 0.15) is 40.0 Å². The minimum Gasteiger partial charge on any atom is -0.393 e. The average Bonchev–Trinajstić information content (AvgIpc) is 2.65. The lowest BCUT2D eigenvalue weighted by Crippen LogP contribution is -2.37. The van der Waals surface area contributed by atoms with Crippen molar-refractivity contribution >= 4 is 0 Å². The molecule has 3 heteroatoms. The highest BCUT2D eigenvalue weighted by Gasteiger charge is 2.40. The molecule has 2 atom stereocenters. The summed E-state index contributed by atoms with van der Waals surface area (Å²) in [6.45, 7) is 11.4. The largest absolute Gasteiger partial charge is 0.393 e. The van der Waals surface area contributed by atoms with Gasteiger partial charge in [-0.1, -0.05) is 26.0 Å². The van der Waals surface area contributed by atoms with Crippen LogP contribution in [0.4, 0.5) is 0 Å². The number of rotatable bonds is 6. The van der Waals surface area contributed by atoms with Gasteiger partial charge < -0.3 is 14.6 Å². The van der Waals surface area contributed by atoms with Crippen molar-refractivity contribution in [3.05, 3.63) is 12.2 Å². The van der Waals surface area contributed by atoms with Gasteiger partial charge in [-0.2, -0.15) is 0 Å². The van der Waals surface area contributed by atoms with Gasteiger partial charge >= 0.3 is 0 Å². The second-order valence-corrected chi connectivity index (χ2v) is 4.77. The van der Waals surface area contributed by atoms with E-state index in [0.717, 1.165) is 18.4 Å². The Kier molecular flexibility index (Phi) is 4.96. The zero-order valence-corrected chi connectivity index (χ0v) is 10.7. The Balaban J connectivity index is 2.49. The van der Waals surface area contributed by atoms with Crippen molar-refractivity contribution in [2.75, 3.05) is 13.2 Å². The lowest BCUT2D eigenvalue weighted by Gasteiger charge is -2.33. The topological polar surface area (TPSA) is 38.7 Å². The summed E-state index contributed by atoms with van der Waals surface area (Å²) in [6.07, 6.45) is 2.04. The molecular formula is C13H24O3. The molecule has 0 aromatic carbocycles. The minimum atomic E-state index is -0.429. The van der Waals surface area contributed by atoms with Crippen LogP contribution >= 0.6 is 0 Å². The fourth-order valence-electron chi connectivity index (χ4n) is 2.40. The number of hydrogen-bond acceptors (Lipinski definition) is 3. The molecule has 0 aliphatic carbocycles. The highest BCUT2D eigenvalue weighted by molar-refractivity contribution is 4.99. The van der Waals surface area contributed by atoms with Gasteiger partial charge in [0.15, 0.2) is 5.79 Å². The summed E-state index contributed by atoms with van der Waals surface area (Å²) in [5, 5.41) is 9.30. The summed E-state index contributed by atoms with van der Waals surface area (Å²) in [5.41, 5.74) is 1.06. The first kappa shape index (κ1) is 13.7. The standard InChI is InChI=1S/C13H24O3/c1-5-13(15-6-7-16-13)11(3)8-10(2)9-12(4)14/h11-12,14H,2,5-9H2,1,3-4H3/t11?,12-/m0/s1. The van der Waals surface area contributed by atoms with Crippen LogP contribution in [0.15, 0.2) is 12.2 Å². The van der Waals surface area contributed by atoms with Gasteiger partial charge in [0.2, 0.25) is 0 Å². The monoisotopic (exact) mass is 228 g/mol. The molecule has 1 heterocycles. The van der Waals surface area contributed by atoms with Crippen molar-refractivity contribution in [3.63, 3.8) is 0 Å². The van der Waals surface area contributed by atoms with E-state index in [1.54, 1.807) is 6.92 Å². The summed E-state index contributed by atoms with van der Waals surface area (Å²) < 4.78 is 11.5. The summed E-state index contributed by atoms with van der Waals surface area (Å²) in [6, 6.07) is 0. The van der Waals surface area contributed by atoms with Crippen molar-refractivity contribution in [1.82, 2.24) is 0 Å². The molecule has 1 aliphatic heterocycles. The van der Waals surface area contributed by atoms with E-state index >= 15 is 0 Å². The van der Waals surface area contributed by atoms with Gasteiger partial charge in [0, 0.05) is 5.92 Å². The van der Waals surface area contributed by atoms with E-state index in [2.05, 4.69) is 20.4 Å². The van der Waals surface area contributed by atoms with Crippen LogP contribution in [-0.2, 0) is 9.47 Å². The van der Waals surface area contributed by atoms with Crippen LogP contribution in [0.3, 0.4) is 0 Å². The molecule has 1 aliphatic rings.